The van der Waals surface area contributed by atoms with Crippen molar-refractivity contribution in [3.05, 3.63) is 90.0 Å². The van der Waals surface area contributed by atoms with Crippen molar-refractivity contribution >= 4 is 11.7 Å². The van der Waals surface area contributed by atoms with E-state index in [0.29, 0.717) is 18.6 Å². The molecule has 0 radical (unpaired) electrons. The molecule has 0 aromatic heterocycles. The summed E-state index contributed by atoms with van der Waals surface area (Å²) in [5, 5.41) is 0. The van der Waals surface area contributed by atoms with Crippen molar-refractivity contribution < 1.29 is 22.7 Å². The highest BCUT2D eigenvalue weighted by Gasteiger charge is 2.36. The number of hydrogen-bond acceptors (Lipinski definition) is 4. The molecule has 4 rings (SSSR count). The average molecular weight is 539 g/mol. The van der Waals surface area contributed by atoms with Crippen LogP contribution in [0.1, 0.15) is 44.2 Å². The zero-order valence-corrected chi connectivity index (χ0v) is 22.7. The van der Waals surface area contributed by atoms with Crippen LogP contribution in [-0.4, -0.2) is 50.2 Å². The highest BCUT2D eigenvalue weighted by molar-refractivity contribution is 5.82. The summed E-state index contributed by atoms with van der Waals surface area (Å²) in [7, 11) is 0. The fourth-order valence-electron chi connectivity index (χ4n) is 5.24. The quantitative estimate of drug-likeness (QED) is 0.256. The molecule has 3 aromatic carbocycles. The molecule has 3 aromatic rings. The SMILES string of the molecule is CCCOC(=O)C(C)(CCCN1CCN(c2ccc(-c3ccccc3C(F)(F)F)cc2)CC1)c1ccccc1. The Labute approximate surface area is 229 Å². The van der Waals surface area contributed by atoms with E-state index in [1.807, 2.05) is 56.3 Å². The molecular formula is C32H37F3N2O2. The van der Waals surface area contributed by atoms with Gasteiger partial charge in [0.05, 0.1) is 17.6 Å². The molecule has 0 N–H and O–H groups in total. The van der Waals surface area contributed by atoms with E-state index in [1.54, 1.807) is 18.2 Å². The topological polar surface area (TPSA) is 32.8 Å². The fourth-order valence-corrected chi connectivity index (χ4v) is 5.24. The smallest absolute Gasteiger partial charge is 0.417 e. The van der Waals surface area contributed by atoms with Gasteiger partial charge in [0.2, 0.25) is 0 Å². The monoisotopic (exact) mass is 538 g/mol. The number of halogens is 3. The number of benzene rings is 3. The van der Waals surface area contributed by atoms with Crippen LogP contribution >= 0.6 is 0 Å². The van der Waals surface area contributed by atoms with E-state index < -0.39 is 17.2 Å². The Balaban J connectivity index is 1.32. The van der Waals surface area contributed by atoms with Crippen molar-refractivity contribution in [1.82, 2.24) is 4.90 Å². The summed E-state index contributed by atoms with van der Waals surface area (Å²) in [5.74, 6) is -0.165. The number of anilines is 1. The minimum Gasteiger partial charge on any atom is -0.465 e. The Morgan fingerprint density at radius 1 is 0.872 bits per heavy atom. The molecule has 1 unspecified atom stereocenters. The summed E-state index contributed by atoms with van der Waals surface area (Å²) in [6.07, 6.45) is -2.01. The molecule has 208 valence electrons. The number of ether oxygens (including phenoxy) is 1. The average Bonchev–Trinajstić information content (AvgIpc) is 2.96. The number of carbonyl (C=O) groups excluding carboxylic acids is 1. The van der Waals surface area contributed by atoms with E-state index in [2.05, 4.69) is 9.80 Å². The maximum atomic E-state index is 13.4. The molecule has 1 heterocycles. The number of alkyl halides is 3. The first-order valence-electron chi connectivity index (χ1n) is 13.7. The molecule has 1 atom stereocenters. The molecule has 0 bridgehead atoms. The minimum absolute atomic E-state index is 0.165. The van der Waals surface area contributed by atoms with Crippen LogP contribution in [0.25, 0.3) is 11.1 Å². The van der Waals surface area contributed by atoms with E-state index in [1.165, 1.54) is 12.1 Å². The maximum Gasteiger partial charge on any atom is 0.417 e. The maximum absolute atomic E-state index is 13.4. The number of nitrogens with zero attached hydrogens (tertiary/aromatic N) is 2. The van der Waals surface area contributed by atoms with Gasteiger partial charge in [0.1, 0.15) is 0 Å². The molecule has 1 fully saturated rings. The first kappa shape index (κ1) is 28.7. The van der Waals surface area contributed by atoms with Gasteiger partial charge in [-0.05, 0) is 67.6 Å². The second-order valence-electron chi connectivity index (χ2n) is 10.4. The van der Waals surface area contributed by atoms with Crippen LogP contribution in [0.15, 0.2) is 78.9 Å². The standard InChI is InChI=1S/C32H37F3N2O2/c1-3-24-39-30(38)31(2,26-10-5-4-6-11-26)18-9-19-36-20-22-37(23-21-36)27-16-14-25(15-17-27)28-12-7-8-13-29(28)32(33,34)35/h4-8,10-17H,3,9,18-24H2,1-2H3. The van der Waals surface area contributed by atoms with E-state index >= 15 is 0 Å². The Hall–Kier alpha value is -3.32. The van der Waals surface area contributed by atoms with Crippen molar-refractivity contribution in [1.29, 1.82) is 0 Å². The molecule has 0 aliphatic carbocycles. The number of hydrogen-bond donors (Lipinski definition) is 0. The van der Waals surface area contributed by atoms with E-state index in [9.17, 15) is 18.0 Å². The van der Waals surface area contributed by atoms with Crippen LogP contribution < -0.4 is 4.90 Å². The molecule has 1 saturated heterocycles. The Morgan fingerprint density at radius 3 is 2.15 bits per heavy atom. The lowest BCUT2D eigenvalue weighted by Crippen LogP contribution is -2.47. The Kier molecular flexibility index (Phi) is 9.33. The number of rotatable bonds is 10. The summed E-state index contributed by atoms with van der Waals surface area (Å²) in [4.78, 5) is 17.7. The predicted octanol–water partition coefficient (Wildman–Crippen LogP) is 7.19. The minimum atomic E-state index is -4.39. The summed E-state index contributed by atoms with van der Waals surface area (Å²) >= 11 is 0. The summed E-state index contributed by atoms with van der Waals surface area (Å²) in [5.41, 5.74) is 1.46. The lowest BCUT2D eigenvalue weighted by atomic mass is 9.78. The summed E-state index contributed by atoms with van der Waals surface area (Å²) in [6.45, 7) is 8.76. The Morgan fingerprint density at radius 2 is 1.51 bits per heavy atom. The van der Waals surface area contributed by atoms with Gasteiger partial charge in [-0.2, -0.15) is 13.2 Å². The van der Waals surface area contributed by atoms with Crippen molar-refractivity contribution in [3.8, 4) is 11.1 Å². The van der Waals surface area contributed by atoms with Crippen molar-refractivity contribution in [2.45, 2.75) is 44.7 Å². The third-order valence-electron chi connectivity index (χ3n) is 7.60. The van der Waals surface area contributed by atoms with Crippen LogP contribution in [0.2, 0.25) is 0 Å². The molecule has 0 spiro atoms. The fraction of sp³-hybridized carbons (Fsp3) is 0.406. The summed E-state index contributed by atoms with van der Waals surface area (Å²) < 4.78 is 45.9. The zero-order valence-electron chi connectivity index (χ0n) is 22.7. The van der Waals surface area contributed by atoms with E-state index in [4.69, 9.17) is 4.74 Å². The highest BCUT2D eigenvalue weighted by Crippen LogP contribution is 2.37. The lowest BCUT2D eigenvalue weighted by molar-refractivity contribution is -0.150. The van der Waals surface area contributed by atoms with Crippen LogP contribution in [-0.2, 0) is 21.1 Å². The number of esters is 1. The third-order valence-corrected chi connectivity index (χ3v) is 7.60. The van der Waals surface area contributed by atoms with Gasteiger partial charge in [0.15, 0.2) is 0 Å². The zero-order chi connectivity index (χ0) is 27.9. The highest BCUT2D eigenvalue weighted by atomic mass is 19.4. The van der Waals surface area contributed by atoms with Gasteiger partial charge in [-0.15, -0.1) is 0 Å². The molecule has 7 heteroatoms. The number of piperazine rings is 1. The molecule has 0 amide bonds. The molecule has 39 heavy (non-hydrogen) atoms. The van der Waals surface area contributed by atoms with Crippen molar-refractivity contribution in [3.63, 3.8) is 0 Å². The van der Waals surface area contributed by atoms with Gasteiger partial charge < -0.3 is 9.64 Å². The molecule has 4 nitrogen and oxygen atoms in total. The lowest BCUT2D eigenvalue weighted by Gasteiger charge is -2.37. The number of carbonyl (C=O) groups is 1. The van der Waals surface area contributed by atoms with Gasteiger partial charge in [0.25, 0.3) is 0 Å². The second-order valence-corrected chi connectivity index (χ2v) is 10.4. The molecule has 1 aliphatic rings. The molecular weight excluding hydrogens is 501 g/mol. The largest absolute Gasteiger partial charge is 0.465 e. The second kappa shape index (κ2) is 12.7. The first-order valence-corrected chi connectivity index (χ1v) is 13.7. The normalized spacial score (nSPS) is 16.1. The van der Waals surface area contributed by atoms with Crippen molar-refractivity contribution in [2.75, 3.05) is 44.2 Å². The van der Waals surface area contributed by atoms with Crippen LogP contribution in [0.3, 0.4) is 0 Å². The van der Waals surface area contributed by atoms with Gasteiger partial charge in [-0.1, -0.05) is 67.6 Å². The van der Waals surface area contributed by atoms with Crippen LogP contribution in [0.4, 0.5) is 18.9 Å². The third kappa shape index (κ3) is 7.01. The molecule has 0 saturated carbocycles. The van der Waals surface area contributed by atoms with Gasteiger partial charge in [-0.3, -0.25) is 9.69 Å². The predicted molar refractivity (Wildman–Crippen MR) is 150 cm³/mol. The van der Waals surface area contributed by atoms with Crippen LogP contribution in [0.5, 0.6) is 0 Å². The van der Waals surface area contributed by atoms with Gasteiger partial charge in [-0.25, -0.2) is 0 Å². The first-order chi connectivity index (χ1) is 18.7. The molecule has 1 aliphatic heterocycles. The summed E-state index contributed by atoms with van der Waals surface area (Å²) in [6, 6.07) is 22.9. The van der Waals surface area contributed by atoms with Crippen LogP contribution in [0, 0.1) is 0 Å². The van der Waals surface area contributed by atoms with E-state index in [0.717, 1.165) is 62.9 Å². The van der Waals surface area contributed by atoms with E-state index in [-0.39, 0.29) is 11.5 Å². The van der Waals surface area contributed by atoms with Crippen molar-refractivity contribution in [2.24, 2.45) is 0 Å². The Bertz CT molecular complexity index is 1210. The van der Waals surface area contributed by atoms with Gasteiger partial charge in [0, 0.05) is 31.9 Å². The van der Waals surface area contributed by atoms with Gasteiger partial charge >= 0.3 is 12.1 Å².